The van der Waals surface area contributed by atoms with Gasteiger partial charge in [-0.1, -0.05) is 13.3 Å². The molecule has 0 spiro atoms. The SMILES string of the molecule is CCCCOc1ccc(C(=O)N(C)C(C)(C)CCl)cc1. The van der Waals surface area contributed by atoms with E-state index in [4.69, 9.17) is 16.3 Å². The van der Waals surface area contributed by atoms with Gasteiger partial charge in [-0.2, -0.15) is 0 Å². The fourth-order valence-corrected chi connectivity index (χ4v) is 1.77. The number of hydrogen-bond acceptors (Lipinski definition) is 2. The largest absolute Gasteiger partial charge is 0.494 e. The van der Waals surface area contributed by atoms with Gasteiger partial charge in [0.25, 0.3) is 5.91 Å². The summed E-state index contributed by atoms with van der Waals surface area (Å²) in [4.78, 5) is 14.0. The molecule has 3 nitrogen and oxygen atoms in total. The van der Waals surface area contributed by atoms with Crippen molar-refractivity contribution in [2.75, 3.05) is 19.5 Å². The highest BCUT2D eigenvalue weighted by Crippen LogP contribution is 2.19. The lowest BCUT2D eigenvalue weighted by atomic mass is 10.0. The van der Waals surface area contributed by atoms with Gasteiger partial charge in [-0.15, -0.1) is 11.6 Å². The summed E-state index contributed by atoms with van der Waals surface area (Å²) in [6.45, 7) is 6.73. The van der Waals surface area contributed by atoms with Gasteiger partial charge in [0.05, 0.1) is 12.1 Å². The molecule has 0 bridgehead atoms. The number of halogens is 1. The monoisotopic (exact) mass is 297 g/mol. The zero-order valence-corrected chi connectivity index (χ0v) is 13.5. The maximum Gasteiger partial charge on any atom is 0.254 e. The summed E-state index contributed by atoms with van der Waals surface area (Å²) in [6, 6.07) is 7.27. The quantitative estimate of drug-likeness (QED) is 0.563. The molecule has 0 atom stereocenters. The summed E-state index contributed by atoms with van der Waals surface area (Å²) in [5.74, 6) is 1.16. The number of rotatable bonds is 7. The van der Waals surface area contributed by atoms with E-state index in [0.717, 1.165) is 18.6 Å². The van der Waals surface area contributed by atoms with E-state index in [1.165, 1.54) is 0 Å². The van der Waals surface area contributed by atoms with Crippen LogP contribution in [0, 0.1) is 0 Å². The zero-order chi connectivity index (χ0) is 15.2. The van der Waals surface area contributed by atoms with E-state index in [1.807, 2.05) is 26.0 Å². The highest BCUT2D eigenvalue weighted by molar-refractivity contribution is 6.18. The molecule has 112 valence electrons. The van der Waals surface area contributed by atoms with Crippen molar-refractivity contribution in [3.63, 3.8) is 0 Å². The lowest BCUT2D eigenvalue weighted by Gasteiger charge is -2.34. The van der Waals surface area contributed by atoms with E-state index in [1.54, 1.807) is 24.1 Å². The number of unbranched alkanes of at least 4 members (excludes halogenated alkanes) is 1. The summed E-state index contributed by atoms with van der Waals surface area (Å²) < 4.78 is 5.58. The molecule has 0 unspecified atom stereocenters. The first-order valence-electron chi connectivity index (χ1n) is 6.99. The van der Waals surface area contributed by atoms with E-state index in [0.29, 0.717) is 18.1 Å². The number of amides is 1. The topological polar surface area (TPSA) is 29.5 Å². The average Bonchev–Trinajstić information content (AvgIpc) is 2.46. The molecular formula is C16H24ClNO2. The van der Waals surface area contributed by atoms with Crippen LogP contribution in [0.3, 0.4) is 0 Å². The van der Waals surface area contributed by atoms with Gasteiger partial charge in [0.2, 0.25) is 0 Å². The van der Waals surface area contributed by atoms with Crippen molar-refractivity contribution < 1.29 is 9.53 Å². The molecule has 0 radical (unpaired) electrons. The third-order valence-corrected chi connectivity index (χ3v) is 4.06. The molecule has 0 saturated heterocycles. The smallest absolute Gasteiger partial charge is 0.254 e. The molecule has 20 heavy (non-hydrogen) atoms. The Hall–Kier alpha value is -1.22. The molecule has 1 aromatic rings. The Morgan fingerprint density at radius 2 is 1.90 bits per heavy atom. The Balaban J connectivity index is 2.70. The van der Waals surface area contributed by atoms with Crippen LogP contribution < -0.4 is 4.74 Å². The number of carbonyl (C=O) groups excluding carboxylic acids is 1. The molecule has 0 aromatic heterocycles. The molecule has 1 amide bonds. The van der Waals surface area contributed by atoms with E-state index in [-0.39, 0.29) is 11.4 Å². The summed E-state index contributed by atoms with van der Waals surface area (Å²) >= 11 is 5.90. The van der Waals surface area contributed by atoms with E-state index < -0.39 is 0 Å². The van der Waals surface area contributed by atoms with Crippen LogP contribution in [0.15, 0.2) is 24.3 Å². The van der Waals surface area contributed by atoms with Gasteiger partial charge in [0.15, 0.2) is 0 Å². The van der Waals surface area contributed by atoms with Crippen molar-refractivity contribution in [1.82, 2.24) is 4.90 Å². The number of benzene rings is 1. The molecule has 0 heterocycles. The van der Waals surface area contributed by atoms with Gasteiger partial charge < -0.3 is 9.64 Å². The van der Waals surface area contributed by atoms with Crippen LogP contribution in [0.5, 0.6) is 5.75 Å². The third kappa shape index (κ3) is 4.41. The molecule has 1 aromatic carbocycles. The van der Waals surface area contributed by atoms with E-state index >= 15 is 0 Å². The van der Waals surface area contributed by atoms with Gasteiger partial charge in [0.1, 0.15) is 5.75 Å². The molecule has 0 fully saturated rings. The van der Waals surface area contributed by atoms with Crippen molar-refractivity contribution in [2.24, 2.45) is 0 Å². The van der Waals surface area contributed by atoms with Crippen LogP contribution in [-0.2, 0) is 0 Å². The predicted octanol–water partition coefficient (Wildman–Crippen LogP) is 3.95. The van der Waals surface area contributed by atoms with Gasteiger partial charge in [-0.05, 0) is 44.5 Å². The van der Waals surface area contributed by atoms with E-state index in [9.17, 15) is 4.79 Å². The second kappa shape index (κ2) is 7.53. The molecular weight excluding hydrogens is 274 g/mol. The van der Waals surface area contributed by atoms with Crippen LogP contribution >= 0.6 is 11.6 Å². The van der Waals surface area contributed by atoms with Gasteiger partial charge in [0, 0.05) is 18.5 Å². The van der Waals surface area contributed by atoms with Crippen molar-refractivity contribution in [3.8, 4) is 5.75 Å². The summed E-state index contributed by atoms with van der Waals surface area (Å²) in [7, 11) is 1.77. The van der Waals surface area contributed by atoms with Crippen molar-refractivity contribution >= 4 is 17.5 Å². The first-order valence-corrected chi connectivity index (χ1v) is 7.53. The first kappa shape index (κ1) is 16.8. The number of hydrogen-bond donors (Lipinski definition) is 0. The number of alkyl halides is 1. The highest BCUT2D eigenvalue weighted by atomic mass is 35.5. The minimum Gasteiger partial charge on any atom is -0.494 e. The average molecular weight is 298 g/mol. The van der Waals surface area contributed by atoms with Crippen LogP contribution in [0.2, 0.25) is 0 Å². The van der Waals surface area contributed by atoms with Gasteiger partial charge >= 0.3 is 0 Å². The molecule has 0 saturated carbocycles. The van der Waals surface area contributed by atoms with Crippen LogP contribution in [0.25, 0.3) is 0 Å². The Kier molecular flexibility index (Phi) is 6.34. The minimum atomic E-state index is -0.366. The predicted molar refractivity (Wildman–Crippen MR) is 83.7 cm³/mol. The lowest BCUT2D eigenvalue weighted by Crippen LogP contribution is -2.46. The standard InChI is InChI=1S/C16H24ClNO2/c1-5-6-11-20-14-9-7-13(8-10-14)15(19)18(4)16(2,3)12-17/h7-10H,5-6,11-12H2,1-4H3. The van der Waals surface area contributed by atoms with Crippen molar-refractivity contribution in [2.45, 2.75) is 39.2 Å². The second-order valence-corrected chi connectivity index (χ2v) is 5.80. The normalized spacial score (nSPS) is 11.2. The fourth-order valence-electron chi connectivity index (χ4n) is 1.59. The van der Waals surface area contributed by atoms with Crippen molar-refractivity contribution in [3.05, 3.63) is 29.8 Å². The first-order chi connectivity index (χ1) is 9.42. The summed E-state index contributed by atoms with van der Waals surface area (Å²) in [6.07, 6.45) is 2.14. The van der Waals surface area contributed by atoms with Gasteiger partial charge in [-0.3, -0.25) is 4.79 Å². The molecule has 0 aliphatic carbocycles. The Bertz CT molecular complexity index is 429. The maximum absolute atomic E-state index is 12.3. The molecule has 1 rings (SSSR count). The Morgan fingerprint density at radius 1 is 1.30 bits per heavy atom. The Morgan fingerprint density at radius 3 is 2.40 bits per heavy atom. The third-order valence-electron chi connectivity index (χ3n) is 3.41. The van der Waals surface area contributed by atoms with Crippen molar-refractivity contribution in [1.29, 1.82) is 0 Å². The number of nitrogens with zero attached hydrogens (tertiary/aromatic N) is 1. The van der Waals surface area contributed by atoms with E-state index in [2.05, 4.69) is 6.92 Å². The molecule has 0 aliphatic rings. The van der Waals surface area contributed by atoms with Crippen LogP contribution in [-0.4, -0.2) is 35.9 Å². The number of ether oxygens (including phenoxy) is 1. The zero-order valence-electron chi connectivity index (χ0n) is 12.8. The lowest BCUT2D eigenvalue weighted by molar-refractivity contribution is 0.0660. The summed E-state index contributed by atoms with van der Waals surface area (Å²) in [5, 5.41) is 0. The van der Waals surface area contributed by atoms with Gasteiger partial charge in [-0.25, -0.2) is 0 Å². The molecule has 4 heteroatoms. The fraction of sp³-hybridized carbons (Fsp3) is 0.562. The highest BCUT2D eigenvalue weighted by Gasteiger charge is 2.27. The molecule has 0 aliphatic heterocycles. The second-order valence-electron chi connectivity index (χ2n) is 5.54. The summed E-state index contributed by atoms with van der Waals surface area (Å²) in [5.41, 5.74) is 0.281. The Labute approximate surface area is 126 Å². The minimum absolute atomic E-state index is 0.0317. The maximum atomic E-state index is 12.3. The number of carbonyl (C=O) groups is 1. The molecule has 0 N–H and O–H groups in total. The van der Waals surface area contributed by atoms with Crippen LogP contribution in [0.1, 0.15) is 44.0 Å². The van der Waals surface area contributed by atoms with Crippen LogP contribution in [0.4, 0.5) is 0 Å².